The smallest absolute Gasteiger partial charge is 0.374 e. The molecule has 0 spiro atoms. The Morgan fingerprint density at radius 1 is 1.00 bits per heavy atom. The van der Waals surface area contributed by atoms with E-state index in [1.807, 2.05) is 20.8 Å². The van der Waals surface area contributed by atoms with Gasteiger partial charge in [-0.15, -0.1) is 0 Å². The Labute approximate surface area is 96.7 Å². The van der Waals surface area contributed by atoms with Crippen molar-refractivity contribution in [2.45, 2.75) is 33.2 Å². The van der Waals surface area contributed by atoms with E-state index in [0.29, 0.717) is 19.8 Å². The highest BCUT2D eigenvalue weighted by Crippen LogP contribution is 2.17. The lowest BCUT2D eigenvalue weighted by molar-refractivity contribution is 0.0709. The van der Waals surface area contributed by atoms with Crippen molar-refractivity contribution in [3.63, 3.8) is 0 Å². The fourth-order valence-corrected chi connectivity index (χ4v) is 4.22. The van der Waals surface area contributed by atoms with E-state index in [2.05, 4.69) is 14.5 Å². The van der Waals surface area contributed by atoms with Gasteiger partial charge >= 0.3 is 8.80 Å². The molecule has 0 fully saturated rings. The fraction of sp³-hybridized carbons (Fsp3) is 1.00. The summed E-state index contributed by atoms with van der Waals surface area (Å²) in [4.78, 5) is 0. The van der Waals surface area contributed by atoms with Crippen LogP contribution in [0.15, 0.2) is 0 Å². The van der Waals surface area contributed by atoms with Gasteiger partial charge in [0.15, 0.2) is 0 Å². The third kappa shape index (κ3) is 6.61. The van der Waals surface area contributed by atoms with Gasteiger partial charge in [-0.25, -0.2) is 0 Å². The van der Waals surface area contributed by atoms with Gasteiger partial charge in [0.25, 0.3) is 0 Å². The van der Waals surface area contributed by atoms with Crippen LogP contribution in [0.2, 0.25) is 6.04 Å². The normalized spacial score (nSPS) is 12.0. The minimum atomic E-state index is -2.38. The van der Waals surface area contributed by atoms with Crippen LogP contribution >= 0.6 is 9.39 Å². The highest BCUT2D eigenvalue weighted by atomic mass is 31.0. The Hall–Kier alpha value is 0.487. The van der Waals surface area contributed by atoms with Gasteiger partial charge in [-0.05, 0) is 33.7 Å². The molecule has 0 aromatic rings. The van der Waals surface area contributed by atoms with Gasteiger partial charge in [0.1, 0.15) is 0 Å². The molecule has 1 N–H and O–H groups in total. The van der Waals surface area contributed by atoms with Crippen molar-refractivity contribution in [3.8, 4) is 0 Å². The first-order valence-electron chi connectivity index (χ1n) is 5.60. The second kappa shape index (κ2) is 9.69. The summed E-state index contributed by atoms with van der Waals surface area (Å²) in [7, 11) is 0.113. The summed E-state index contributed by atoms with van der Waals surface area (Å²) in [6.07, 6.45) is 1.01. The highest BCUT2D eigenvalue weighted by molar-refractivity contribution is 7.13. The summed E-state index contributed by atoms with van der Waals surface area (Å²) in [5.74, 6) is 0. The van der Waals surface area contributed by atoms with Crippen LogP contribution in [0, 0.1) is 0 Å². The first-order valence-corrected chi connectivity index (χ1v) is 8.10. The molecule has 0 aromatic carbocycles. The van der Waals surface area contributed by atoms with Gasteiger partial charge in [0.2, 0.25) is 0 Å². The van der Waals surface area contributed by atoms with E-state index in [4.69, 9.17) is 13.3 Å². The number of hydrogen-bond donors (Lipinski definition) is 1. The third-order valence-corrected chi connectivity index (χ3v) is 5.34. The summed E-state index contributed by atoms with van der Waals surface area (Å²) in [6, 6.07) is 0.879. The molecule has 0 saturated carbocycles. The Kier molecular flexibility index (Phi) is 10.0. The monoisotopic (exact) mass is 253 g/mol. The van der Waals surface area contributed by atoms with Crippen molar-refractivity contribution < 1.29 is 13.3 Å². The van der Waals surface area contributed by atoms with Crippen LogP contribution in [0.5, 0.6) is 0 Å². The lowest BCUT2D eigenvalue weighted by Crippen LogP contribution is -2.46. The van der Waals surface area contributed by atoms with Gasteiger partial charge in [-0.1, -0.05) is 9.39 Å². The maximum atomic E-state index is 5.72. The first-order chi connectivity index (χ1) is 7.24. The molecular formula is C9H24NO3PSi. The molecular weight excluding hydrogens is 229 g/mol. The van der Waals surface area contributed by atoms with Crippen LogP contribution < -0.4 is 5.09 Å². The van der Waals surface area contributed by atoms with Crippen LogP contribution in [0.3, 0.4) is 0 Å². The zero-order valence-electron chi connectivity index (χ0n) is 10.0. The standard InChI is InChI=1S/C9H24NO3PSi/c1-4-11-15(12-5-2,13-6-3)9-7-8-10-14/h10H,4-9,14H2,1-3H3. The van der Waals surface area contributed by atoms with Gasteiger partial charge in [-0.3, -0.25) is 0 Å². The average Bonchev–Trinajstić information content (AvgIpc) is 2.19. The second-order valence-electron chi connectivity index (χ2n) is 3.04. The minimum absolute atomic E-state index is 0.653. The number of hydrogen-bond acceptors (Lipinski definition) is 4. The summed E-state index contributed by atoms with van der Waals surface area (Å²) in [5, 5.41) is 3.04. The molecule has 0 bridgehead atoms. The number of rotatable bonds is 10. The van der Waals surface area contributed by atoms with E-state index in [9.17, 15) is 0 Å². The molecule has 0 aliphatic heterocycles. The van der Waals surface area contributed by atoms with E-state index in [1.54, 1.807) is 0 Å². The first kappa shape index (κ1) is 15.5. The minimum Gasteiger partial charge on any atom is -0.374 e. The number of nitrogens with one attached hydrogen (secondary N) is 1. The molecule has 0 heterocycles. The van der Waals surface area contributed by atoms with E-state index in [0.717, 1.165) is 19.0 Å². The Morgan fingerprint density at radius 2 is 1.47 bits per heavy atom. The van der Waals surface area contributed by atoms with Crippen molar-refractivity contribution in [2.75, 3.05) is 26.4 Å². The third-order valence-electron chi connectivity index (χ3n) is 1.90. The molecule has 0 rings (SSSR count). The van der Waals surface area contributed by atoms with Crippen molar-refractivity contribution in [1.29, 1.82) is 0 Å². The molecule has 0 aromatic heterocycles. The zero-order chi connectivity index (χ0) is 11.6. The molecule has 0 amide bonds. The molecule has 0 radical (unpaired) electrons. The van der Waals surface area contributed by atoms with E-state index in [-0.39, 0.29) is 0 Å². The molecule has 1 unspecified atom stereocenters. The van der Waals surface area contributed by atoms with Crippen molar-refractivity contribution in [1.82, 2.24) is 5.09 Å². The van der Waals surface area contributed by atoms with Gasteiger partial charge in [0, 0.05) is 25.9 Å². The molecule has 92 valence electrons. The SMILES string of the molecule is CCO[Si](CCCNP)(OCC)OCC. The molecule has 0 saturated heterocycles. The molecule has 15 heavy (non-hydrogen) atoms. The van der Waals surface area contributed by atoms with Crippen LogP contribution in [0.25, 0.3) is 0 Å². The van der Waals surface area contributed by atoms with Crippen molar-refractivity contribution in [2.24, 2.45) is 0 Å². The Balaban J connectivity index is 4.18. The summed E-state index contributed by atoms with van der Waals surface area (Å²) in [6.45, 7) is 8.84. The van der Waals surface area contributed by atoms with Crippen molar-refractivity contribution in [3.05, 3.63) is 0 Å². The molecule has 0 aliphatic carbocycles. The van der Waals surface area contributed by atoms with Gasteiger partial charge < -0.3 is 18.4 Å². The highest BCUT2D eigenvalue weighted by Gasteiger charge is 2.39. The molecule has 0 aliphatic rings. The Bertz CT molecular complexity index is 134. The van der Waals surface area contributed by atoms with E-state index < -0.39 is 8.80 Å². The van der Waals surface area contributed by atoms with Crippen LogP contribution in [0.4, 0.5) is 0 Å². The molecule has 1 atom stereocenters. The van der Waals surface area contributed by atoms with Gasteiger partial charge in [-0.2, -0.15) is 0 Å². The maximum absolute atomic E-state index is 5.72. The van der Waals surface area contributed by atoms with Crippen molar-refractivity contribution >= 4 is 18.2 Å². The van der Waals surface area contributed by atoms with E-state index >= 15 is 0 Å². The summed E-state index contributed by atoms with van der Waals surface area (Å²) < 4.78 is 17.2. The Morgan fingerprint density at radius 3 is 1.80 bits per heavy atom. The van der Waals surface area contributed by atoms with Crippen LogP contribution in [-0.2, 0) is 13.3 Å². The summed E-state index contributed by atoms with van der Waals surface area (Å²) >= 11 is 0. The fourth-order valence-electron chi connectivity index (χ4n) is 1.41. The lowest BCUT2D eigenvalue weighted by Gasteiger charge is -2.28. The quantitative estimate of drug-likeness (QED) is 0.366. The van der Waals surface area contributed by atoms with Crippen LogP contribution in [-0.4, -0.2) is 35.2 Å². The van der Waals surface area contributed by atoms with Crippen LogP contribution in [0.1, 0.15) is 27.2 Å². The van der Waals surface area contributed by atoms with Gasteiger partial charge in [0.05, 0.1) is 0 Å². The predicted octanol–water partition coefficient (Wildman–Crippen LogP) is 1.80. The largest absolute Gasteiger partial charge is 0.500 e. The second-order valence-corrected chi connectivity index (χ2v) is 6.18. The van der Waals surface area contributed by atoms with E-state index in [1.165, 1.54) is 0 Å². The zero-order valence-corrected chi connectivity index (χ0v) is 12.2. The molecule has 6 heteroatoms. The maximum Gasteiger partial charge on any atom is 0.500 e. The predicted molar refractivity (Wildman–Crippen MR) is 67.8 cm³/mol. The summed E-state index contributed by atoms with van der Waals surface area (Å²) in [5.41, 5.74) is 0. The average molecular weight is 253 g/mol. The molecule has 4 nitrogen and oxygen atoms in total. The lowest BCUT2D eigenvalue weighted by atomic mass is 10.5. The topological polar surface area (TPSA) is 39.7 Å².